The van der Waals surface area contributed by atoms with Crippen LogP contribution in [0.4, 0.5) is 0 Å². The third kappa shape index (κ3) is 4.07. The summed E-state index contributed by atoms with van der Waals surface area (Å²) >= 11 is 0. The highest BCUT2D eigenvalue weighted by molar-refractivity contribution is 5.35. The summed E-state index contributed by atoms with van der Waals surface area (Å²) in [5.41, 5.74) is 8.49. The molecule has 1 aromatic carbocycles. The van der Waals surface area contributed by atoms with Crippen LogP contribution in [0.15, 0.2) is 48.8 Å². The Bertz CT molecular complexity index is 513. The molecule has 0 aliphatic rings. The minimum Gasteiger partial charge on any atom is -0.493 e. The molecule has 0 radical (unpaired) electrons. The lowest BCUT2D eigenvalue weighted by Gasteiger charge is -2.15. The van der Waals surface area contributed by atoms with E-state index in [2.05, 4.69) is 11.9 Å². The minimum absolute atomic E-state index is 0.0476. The molecule has 0 aliphatic carbocycles. The van der Waals surface area contributed by atoms with Crippen molar-refractivity contribution in [3.05, 3.63) is 59.9 Å². The molecule has 106 valence electrons. The van der Waals surface area contributed by atoms with Crippen LogP contribution in [0.5, 0.6) is 5.75 Å². The van der Waals surface area contributed by atoms with Gasteiger partial charge in [-0.3, -0.25) is 4.98 Å². The highest BCUT2D eigenvalue weighted by Gasteiger charge is 2.09. The van der Waals surface area contributed by atoms with E-state index in [1.54, 1.807) is 0 Å². The summed E-state index contributed by atoms with van der Waals surface area (Å²) in [4.78, 5) is 4.02. The summed E-state index contributed by atoms with van der Waals surface area (Å²) in [7, 11) is 0. The van der Waals surface area contributed by atoms with Gasteiger partial charge in [-0.05, 0) is 43.0 Å². The van der Waals surface area contributed by atoms with Gasteiger partial charge >= 0.3 is 0 Å². The van der Waals surface area contributed by atoms with Gasteiger partial charge in [-0.2, -0.15) is 0 Å². The number of rotatable bonds is 7. The summed E-state index contributed by atoms with van der Waals surface area (Å²) in [6.07, 6.45) is 6.55. The number of nitrogens with two attached hydrogens (primary N) is 1. The second kappa shape index (κ2) is 7.65. The summed E-state index contributed by atoms with van der Waals surface area (Å²) in [6, 6.07) is 12.2. The number of nitrogens with zero attached hydrogens (tertiary/aromatic N) is 1. The van der Waals surface area contributed by atoms with E-state index in [4.69, 9.17) is 10.5 Å². The van der Waals surface area contributed by atoms with Gasteiger partial charge in [0.25, 0.3) is 0 Å². The van der Waals surface area contributed by atoms with E-state index < -0.39 is 0 Å². The second-order valence-electron chi connectivity index (χ2n) is 4.86. The third-order valence-corrected chi connectivity index (χ3v) is 3.38. The Kier molecular flexibility index (Phi) is 5.56. The minimum atomic E-state index is 0.0476. The van der Waals surface area contributed by atoms with Crippen molar-refractivity contribution in [1.82, 2.24) is 4.98 Å². The zero-order chi connectivity index (χ0) is 14.2. The Labute approximate surface area is 120 Å². The molecule has 3 heteroatoms. The molecule has 0 amide bonds. The molecular formula is C17H22N2O. The maximum atomic E-state index is 6.10. The van der Waals surface area contributed by atoms with Crippen molar-refractivity contribution in [3.63, 3.8) is 0 Å². The number of hydrogen-bond acceptors (Lipinski definition) is 3. The van der Waals surface area contributed by atoms with Gasteiger partial charge in [0.2, 0.25) is 0 Å². The molecule has 1 atom stereocenters. The van der Waals surface area contributed by atoms with Crippen molar-refractivity contribution >= 4 is 0 Å². The Morgan fingerprint density at radius 1 is 1.15 bits per heavy atom. The van der Waals surface area contributed by atoms with E-state index in [1.165, 1.54) is 5.56 Å². The van der Waals surface area contributed by atoms with Crippen LogP contribution in [-0.4, -0.2) is 11.6 Å². The molecule has 0 aliphatic heterocycles. The van der Waals surface area contributed by atoms with Crippen molar-refractivity contribution in [2.24, 2.45) is 5.73 Å². The Morgan fingerprint density at radius 2 is 1.90 bits per heavy atom. The van der Waals surface area contributed by atoms with Crippen molar-refractivity contribution in [2.45, 2.75) is 32.2 Å². The van der Waals surface area contributed by atoms with Gasteiger partial charge in [0, 0.05) is 24.0 Å². The second-order valence-corrected chi connectivity index (χ2v) is 4.86. The first-order chi connectivity index (χ1) is 9.81. The van der Waals surface area contributed by atoms with Crippen molar-refractivity contribution in [1.29, 1.82) is 0 Å². The molecule has 1 aromatic heterocycles. The number of pyridine rings is 1. The summed E-state index contributed by atoms with van der Waals surface area (Å²) in [5, 5.41) is 0. The van der Waals surface area contributed by atoms with Crippen LogP contribution >= 0.6 is 0 Å². The van der Waals surface area contributed by atoms with Gasteiger partial charge in [-0.15, -0.1) is 0 Å². The summed E-state index contributed by atoms with van der Waals surface area (Å²) < 4.78 is 5.89. The quantitative estimate of drug-likeness (QED) is 0.783. The highest BCUT2D eigenvalue weighted by atomic mass is 16.5. The molecule has 0 saturated carbocycles. The van der Waals surface area contributed by atoms with E-state index in [9.17, 15) is 0 Å². The average molecular weight is 270 g/mol. The molecule has 2 N–H and O–H groups in total. The fourth-order valence-corrected chi connectivity index (χ4v) is 2.15. The molecular weight excluding hydrogens is 248 g/mol. The fraction of sp³-hybridized carbons (Fsp3) is 0.353. The third-order valence-electron chi connectivity index (χ3n) is 3.38. The lowest BCUT2D eigenvalue weighted by molar-refractivity contribution is 0.305. The number of aromatic nitrogens is 1. The Morgan fingerprint density at radius 3 is 2.65 bits per heavy atom. The van der Waals surface area contributed by atoms with Gasteiger partial charge in [0.05, 0.1) is 6.61 Å². The average Bonchev–Trinajstić information content (AvgIpc) is 2.52. The van der Waals surface area contributed by atoms with Crippen molar-refractivity contribution < 1.29 is 4.74 Å². The van der Waals surface area contributed by atoms with Crippen LogP contribution in [0.1, 0.15) is 36.9 Å². The van der Waals surface area contributed by atoms with Gasteiger partial charge < -0.3 is 10.5 Å². The standard InChI is InChI=1S/C17H22N2O/c1-2-16(18)15-7-3-4-8-17(15)20-13-5-6-14-9-11-19-12-10-14/h3-4,7-12,16H,2,5-6,13,18H2,1H3/t16-/m1/s1. The summed E-state index contributed by atoms with van der Waals surface area (Å²) in [6.45, 7) is 2.79. The highest BCUT2D eigenvalue weighted by Crippen LogP contribution is 2.25. The molecule has 0 saturated heterocycles. The van der Waals surface area contributed by atoms with Crippen molar-refractivity contribution in [3.8, 4) is 5.75 Å². The molecule has 0 spiro atoms. The van der Waals surface area contributed by atoms with E-state index in [1.807, 2.05) is 48.8 Å². The van der Waals surface area contributed by atoms with Crippen molar-refractivity contribution in [2.75, 3.05) is 6.61 Å². The number of aryl methyl sites for hydroxylation is 1. The first-order valence-electron chi connectivity index (χ1n) is 7.17. The lowest BCUT2D eigenvalue weighted by Crippen LogP contribution is -2.11. The van der Waals surface area contributed by atoms with E-state index in [-0.39, 0.29) is 6.04 Å². The van der Waals surface area contributed by atoms with E-state index in [0.29, 0.717) is 6.61 Å². The normalized spacial score (nSPS) is 12.1. The topological polar surface area (TPSA) is 48.1 Å². The van der Waals surface area contributed by atoms with Crippen LogP contribution in [0.2, 0.25) is 0 Å². The number of ether oxygens (including phenoxy) is 1. The van der Waals surface area contributed by atoms with E-state index in [0.717, 1.165) is 30.6 Å². The number of para-hydroxylation sites is 1. The van der Waals surface area contributed by atoms with Crippen LogP contribution in [0.25, 0.3) is 0 Å². The van der Waals surface area contributed by atoms with Gasteiger partial charge in [0.1, 0.15) is 5.75 Å². The van der Waals surface area contributed by atoms with E-state index >= 15 is 0 Å². The van der Waals surface area contributed by atoms with Gasteiger partial charge in [0.15, 0.2) is 0 Å². The van der Waals surface area contributed by atoms with Gasteiger partial charge in [-0.1, -0.05) is 25.1 Å². The maximum absolute atomic E-state index is 6.10. The predicted molar refractivity (Wildman–Crippen MR) is 81.7 cm³/mol. The molecule has 0 fully saturated rings. The lowest BCUT2D eigenvalue weighted by atomic mass is 10.0. The molecule has 0 bridgehead atoms. The maximum Gasteiger partial charge on any atom is 0.124 e. The zero-order valence-electron chi connectivity index (χ0n) is 12.0. The molecule has 20 heavy (non-hydrogen) atoms. The molecule has 2 aromatic rings. The molecule has 0 unspecified atom stereocenters. The molecule has 2 rings (SSSR count). The first-order valence-corrected chi connectivity index (χ1v) is 7.17. The molecule has 1 heterocycles. The predicted octanol–water partition coefficient (Wildman–Crippen LogP) is 3.50. The van der Waals surface area contributed by atoms with Crippen LogP contribution in [0, 0.1) is 0 Å². The van der Waals surface area contributed by atoms with Crippen LogP contribution in [-0.2, 0) is 6.42 Å². The Hall–Kier alpha value is -1.87. The zero-order valence-corrected chi connectivity index (χ0v) is 12.0. The van der Waals surface area contributed by atoms with Gasteiger partial charge in [-0.25, -0.2) is 0 Å². The SMILES string of the molecule is CC[C@@H](N)c1ccccc1OCCCc1ccncc1. The fourth-order valence-electron chi connectivity index (χ4n) is 2.15. The monoisotopic (exact) mass is 270 g/mol. The first kappa shape index (κ1) is 14.5. The Balaban J connectivity index is 1.85. The largest absolute Gasteiger partial charge is 0.493 e. The number of benzene rings is 1. The van der Waals surface area contributed by atoms with Crippen LogP contribution in [0.3, 0.4) is 0 Å². The summed E-state index contributed by atoms with van der Waals surface area (Å²) in [5.74, 6) is 0.913. The molecule has 3 nitrogen and oxygen atoms in total. The smallest absolute Gasteiger partial charge is 0.124 e. The van der Waals surface area contributed by atoms with Crippen LogP contribution < -0.4 is 10.5 Å². The number of hydrogen-bond donors (Lipinski definition) is 1.